The molecular weight excluding hydrogens is 296 g/mol. The summed E-state index contributed by atoms with van der Waals surface area (Å²) in [4.78, 5) is 5.96. The molecule has 0 fully saturated rings. The summed E-state index contributed by atoms with van der Waals surface area (Å²) in [6.45, 7) is 4.17. The highest BCUT2D eigenvalue weighted by molar-refractivity contribution is 8.01. The largest absolute Gasteiger partial charge is 0.328 e. The van der Waals surface area contributed by atoms with Gasteiger partial charge in [0.1, 0.15) is 0 Å². The molecule has 108 valence electrons. The zero-order valence-electron chi connectivity index (χ0n) is 12.2. The van der Waals surface area contributed by atoms with Gasteiger partial charge in [-0.25, -0.2) is 4.98 Å². The van der Waals surface area contributed by atoms with Crippen LogP contribution in [0.2, 0.25) is 0 Å². The molecule has 2 aromatic carbocycles. The molecule has 0 amide bonds. The van der Waals surface area contributed by atoms with Crippen molar-refractivity contribution in [3.63, 3.8) is 0 Å². The normalized spacial score (nSPS) is 12.7. The lowest BCUT2D eigenvalue weighted by atomic mass is 10.1. The minimum Gasteiger partial charge on any atom is -0.328 e. The van der Waals surface area contributed by atoms with Crippen molar-refractivity contribution in [2.45, 2.75) is 35.5 Å². The Balaban J connectivity index is 1.93. The highest BCUT2D eigenvalue weighted by atomic mass is 32.2. The van der Waals surface area contributed by atoms with Gasteiger partial charge in [-0.1, -0.05) is 41.6 Å². The first-order valence-electron chi connectivity index (χ1n) is 7.00. The Morgan fingerprint density at radius 1 is 1.24 bits per heavy atom. The summed E-state index contributed by atoms with van der Waals surface area (Å²) in [7, 11) is 0. The number of nitrogens with two attached hydrogens (primary N) is 1. The van der Waals surface area contributed by atoms with Gasteiger partial charge in [-0.15, -0.1) is 11.3 Å². The number of rotatable bonds is 4. The van der Waals surface area contributed by atoms with Crippen LogP contribution in [0, 0.1) is 6.92 Å². The maximum atomic E-state index is 5.98. The number of hydrogen-bond donors (Lipinski definition) is 1. The van der Waals surface area contributed by atoms with Crippen LogP contribution in [0.25, 0.3) is 10.2 Å². The van der Waals surface area contributed by atoms with Crippen LogP contribution in [-0.4, -0.2) is 11.0 Å². The molecule has 0 bridgehead atoms. The number of para-hydroxylation sites is 1. The highest BCUT2D eigenvalue weighted by Crippen LogP contribution is 2.36. The predicted octanol–water partition coefficient (Wildman–Crippen LogP) is 4.65. The van der Waals surface area contributed by atoms with Crippen LogP contribution < -0.4 is 5.73 Å². The van der Waals surface area contributed by atoms with E-state index in [1.807, 2.05) is 6.07 Å². The second kappa shape index (κ2) is 6.18. The SMILES string of the molecule is Cc1ccc(Sc2nc3ccccc3s2)c(CC(C)N)c1. The third-order valence-corrected chi connectivity index (χ3v) is 5.44. The predicted molar refractivity (Wildman–Crippen MR) is 92.3 cm³/mol. The highest BCUT2D eigenvalue weighted by Gasteiger charge is 2.10. The van der Waals surface area contributed by atoms with Gasteiger partial charge in [-0.3, -0.25) is 0 Å². The van der Waals surface area contributed by atoms with Crippen molar-refractivity contribution in [1.82, 2.24) is 4.98 Å². The maximum Gasteiger partial charge on any atom is 0.155 e. The number of hydrogen-bond acceptors (Lipinski definition) is 4. The fourth-order valence-electron chi connectivity index (χ4n) is 2.30. The Bertz CT molecular complexity index is 729. The summed E-state index contributed by atoms with van der Waals surface area (Å²) < 4.78 is 2.33. The van der Waals surface area contributed by atoms with Gasteiger partial charge >= 0.3 is 0 Å². The molecule has 1 aromatic heterocycles. The fourth-order valence-corrected chi connectivity index (χ4v) is 4.45. The van der Waals surface area contributed by atoms with Crippen LogP contribution in [0.3, 0.4) is 0 Å². The third kappa shape index (κ3) is 3.46. The standard InChI is InChI=1S/C17H18N2S2/c1-11-7-8-15(13(9-11)10-12(2)18)20-17-19-14-5-3-4-6-16(14)21-17/h3-9,12H,10,18H2,1-2H3. The van der Waals surface area contributed by atoms with Crippen molar-refractivity contribution >= 4 is 33.3 Å². The van der Waals surface area contributed by atoms with Gasteiger partial charge in [0.2, 0.25) is 0 Å². The first kappa shape index (κ1) is 14.6. The first-order chi connectivity index (χ1) is 10.1. The zero-order chi connectivity index (χ0) is 14.8. The molecule has 3 rings (SSSR count). The summed E-state index contributed by atoms with van der Waals surface area (Å²) in [5.41, 5.74) is 9.64. The Labute approximate surface area is 133 Å². The average Bonchev–Trinajstić information content (AvgIpc) is 2.83. The van der Waals surface area contributed by atoms with E-state index >= 15 is 0 Å². The summed E-state index contributed by atoms with van der Waals surface area (Å²) in [5.74, 6) is 0. The Kier molecular flexibility index (Phi) is 4.29. The minimum absolute atomic E-state index is 0.168. The van der Waals surface area contributed by atoms with E-state index < -0.39 is 0 Å². The number of fused-ring (bicyclic) bond motifs is 1. The van der Waals surface area contributed by atoms with Gasteiger partial charge < -0.3 is 5.73 Å². The lowest BCUT2D eigenvalue weighted by Gasteiger charge is -2.11. The van der Waals surface area contributed by atoms with E-state index in [4.69, 9.17) is 10.7 Å². The summed E-state index contributed by atoms with van der Waals surface area (Å²) in [6.07, 6.45) is 0.898. The number of aromatic nitrogens is 1. The molecular formula is C17H18N2S2. The summed E-state index contributed by atoms with van der Waals surface area (Å²) in [6, 6.07) is 15.0. The number of benzene rings is 2. The van der Waals surface area contributed by atoms with E-state index in [2.05, 4.69) is 50.2 Å². The zero-order valence-corrected chi connectivity index (χ0v) is 13.8. The number of thiazole rings is 1. The van der Waals surface area contributed by atoms with Crippen LogP contribution in [0.5, 0.6) is 0 Å². The van der Waals surface area contributed by atoms with Gasteiger partial charge in [-0.2, -0.15) is 0 Å². The minimum atomic E-state index is 0.168. The van der Waals surface area contributed by atoms with Crippen molar-refractivity contribution in [2.75, 3.05) is 0 Å². The van der Waals surface area contributed by atoms with Crippen molar-refractivity contribution in [2.24, 2.45) is 5.73 Å². The smallest absolute Gasteiger partial charge is 0.155 e. The average molecular weight is 314 g/mol. The van der Waals surface area contributed by atoms with Crippen molar-refractivity contribution in [3.8, 4) is 0 Å². The molecule has 3 aromatic rings. The van der Waals surface area contributed by atoms with Crippen LogP contribution in [0.1, 0.15) is 18.1 Å². The van der Waals surface area contributed by atoms with E-state index in [0.29, 0.717) is 0 Å². The van der Waals surface area contributed by atoms with Crippen LogP contribution in [0.15, 0.2) is 51.7 Å². The molecule has 0 aliphatic rings. The number of nitrogens with zero attached hydrogens (tertiary/aromatic N) is 1. The van der Waals surface area contributed by atoms with Crippen molar-refractivity contribution < 1.29 is 0 Å². The van der Waals surface area contributed by atoms with E-state index in [0.717, 1.165) is 16.3 Å². The van der Waals surface area contributed by atoms with Gasteiger partial charge in [0.15, 0.2) is 4.34 Å². The molecule has 0 spiro atoms. The maximum absolute atomic E-state index is 5.98. The molecule has 0 aliphatic heterocycles. The molecule has 2 N–H and O–H groups in total. The van der Waals surface area contributed by atoms with E-state index in [1.54, 1.807) is 23.1 Å². The summed E-state index contributed by atoms with van der Waals surface area (Å²) in [5, 5.41) is 0. The van der Waals surface area contributed by atoms with Crippen molar-refractivity contribution in [1.29, 1.82) is 0 Å². The Morgan fingerprint density at radius 3 is 2.81 bits per heavy atom. The van der Waals surface area contributed by atoms with Gasteiger partial charge in [0.05, 0.1) is 10.2 Å². The van der Waals surface area contributed by atoms with Gasteiger partial charge in [0, 0.05) is 10.9 Å². The molecule has 0 radical (unpaired) electrons. The van der Waals surface area contributed by atoms with Crippen LogP contribution in [-0.2, 0) is 6.42 Å². The number of aryl methyl sites for hydroxylation is 1. The molecule has 21 heavy (non-hydrogen) atoms. The molecule has 1 unspecified atom stereocenters. The van der Waals surface area contributed by atoms with Gasteiger partial charge in [-0.05, 0) is 44.0 Å². The van der Waals surface area contributed by atoms with Gasteiger partial charge in [0.25, 0.3) is 0 Å². The Hall–Kier alpha value is -1.36. The molecule has 1 atom stereocenters. The van der Waals surface area contributed by atoms with Crippen LogP contribution in [0.4, 0.5) is 0 Å². The molecule has 1 heterocycles. The lowest BCUT2D eigenvalue weighted by molar-refractivity contribution is 0.729. The van der Waals surface area contributed by atoms with E-state index in [1.165, 1.54) is 20.7 Å². The van der Waals surface area contributed by atoms with E-state index in [-0.39, 0.29) is 6.04 Å². The molecule has 4 heteroatoms. The molecule has 0 aliphatic carbocycles. The second-order valence-electron chi connectivity index (χ2n) is 5.34. The topological polar surface area (TPSA) is 38.9 Å². The quantitative estimate of drug-likeness (QED) is 0.762. The van der Waals surface area contributed by atoms with Crippen molar-refractivity contribution in [3.05, 3.63) is 53.6 Å². The lowest BCUT2D eigenvalue weighted by Crippen LogP contribution is -2.18. The van der Waals surface area contributed by atoms with Crippen LogP contribution >= 0.6 is 23.1 Å². The second-order valence-corrected chi connectivity index (χ2v) is 7.66. The third-order valence-electron chi connectivity index (χ3n) is 3.23. The Morgan fingerprint density at radius 2 is 2.05 bits per heavy atom. The molecule has 0 saturated carbocycles. The fraction of sp³-hybridized carbons (Fsp3) is 0.235. The van der Waals surface area contributed by atoms with E-state index in [9.17, 15) is 0 Å². The molecule has 0 saturated heterocycles. The monoisotopic (exact) mass is 314 g/mol. The first-order valence-corrected chi connectivity index (χ1v) is 8.63. The molecule has 2 nitrogen and oxygen atoms in total. The summed E-state index contributed by atoms with van der Waals surface area (Å²) >= 11 is 3.49.